The number of nitrogens with one attached hydrogen (secondary N) is 1. The summed E-state index contributed by atoms with van der Waals surface area (Å²) in [5.74, 6) is 0.553. The Balaban J connectivity index is 1.92. The summed E-state index contributed by atoms with van der Waals surface area (Å²) < 4.78 is 0.693. The number of nitro groups is 1. The Morgan fingerprint density at radius 3 is 2.95 bits per heavy atom. The van der Waals surface area contributed by atoms with Gasteiger partial charge in [0.2, 0.25) is 0 Å². The molecule has 1 aromatic rings. The van der Waals surface area contributed by atoms with Crippen LogP contribution in [0, 0.1) is 16.0 Å². The van der Waals surface area contributed by atoms with Gasteiger partial charge in [0.05, 0.1) is 10.5 Å². The summed E-state index contributed by atoms with van der Waals surface area (Å²) in [6.45, 7) is 3.20. The van der Waals surface area contributed by atoms with Crippen molar-refractivity contribution < 1.29 is 10.0 Å². The average molecular weight is 357 g/mol. The molecule has 1 fully saturated rings. The predicted molar refractivity (Wildman–Crippen MR) is 85.1 cm³/mol. The van der Waals surface area contributed by atoms with Crippen LogP contribution in [0.25, 0.3) is 0 Å². The number of benzene rings is 1. The second-order valence-corrected chi connectivity index (χ2v) is 7.02. The van der Waals surface area contributed by atoms with Gasteiger partial charge in [-0.2, -0.15) is 0 Å². The molecule has 0 amide bonds. The Morgan fingerprint density at radius 1 is 1.52 bits per heavy atom. The highest BCUT2D eigenvalue weighted by Crippen LogP contribution is 2.31. The number of hydrogen-bond acceptors (Lipinski definition) is 4. The van der Waals surface area contributed by atoms with Crippen molar-refractivity contribution in [3.05, 3.63) is 38.3 Å². The van der Waals surface area contributed by atoms with Gasteiger partial charge in [-0.15, -0.1) is 0 Å². The molecule has 2 unspecified atom stereocenters. The maximum atomic E-state index is 10.8. The fraction of sp³-hybridized carbons (Fsp3) is 0.600. The number of aliphatic hydroxyl groups is 1. The second kappa shape index (κ2) is 6.85. The summed E-state index contributed by atoms with van der Waals surface area (Å²) >= 11 is 3.29. The van der Waals surface area contributed by atoms with Crippen molar-refractivity contribution in [1.29, 1.82) is 0 Å². The zero-order valence-electron chi connectivity index (χ0n) is 12.1. The summed E-state index contributed by atoms with van der Waals surface area (Å²) in [4.78, 5) is 10.4. The van der Waals surface area contributed by atoms with E-state index in [-0.39, 0.29) is 5.69 Å². The highest BCUT2D eigenvalue weighted by molar-refractivity contribution is 9.10. The SMILES string of the molecule is CC1CCCC(O)(CNCc2cc(Br)cc([N+](=O)[O-])c2)C1. The molecule has 21 heavy (non-hydrogen) atoms. The van der Waals surface area contributed by atoms with Crippen molar-refractivity contribution in [3.63, 3.8) is 0 Å². The van der Waals surface area contributed by atoms with Crippen molar-refractivity contribution >= 4 is 21.6 Å². The molecule has 6 heteroatoms. The van der Waals surface area contributed by atoms with Gasteiger partial charge in [-0.3, -0.25) is 10.1 Å². The highest BCUT2D eigenvalue weighted by atomic mass is 79.9. The summed E-state index contributed by atoms with van der Waals surface area (Å²) in [6, 6.07) is 4.90. The maximum Gasteiger partial charge on any atom is 0.270 e. The van der Waals surface area contributed by atoms with E-state index < -0.39 is 10.5 Å². The Kier molecular flexibility index (Phi) is 5.35. The van der Waals surface area contributed by atoms with E-state index in [0.717, 1.165) is 24.8 Å². The molecule has 5 nitrogen and oxygen atoms in total. The summed E-state index contributed by atoms with van der Waals surface area (Å²) in [7, 11) is 0. The molecule has 0 radical (unpaired) electrons. The van der Waals surface area contributed by atoms with Crippen LogP contribution < -0.4 is 5.32 Å². The molecule has 0 bridgehead atoms. The van der Waals surface area contributed by atoms with Gasteiger partial charge in [0.25, 0.3) is 5.69 Å². The Labute approximate surface area is 133 Å². The Bertz CT molecular complexity index is 524. The molecule has 1 aliphatic carbocycles. The zero-order valence-corrected chi connectivity index (χ0v) is 13.7. The van der Waals surface area contributed by atoms with E-state index in [1.807, 2.05) is 6.07 Å². The van der Waals surface area contributed by atoms with Crippen molar-refractivity contribution in [2.75, 3.05) is 6.54 Å². The number of halogens is 1. The first kappa shape index (κ1) is 16.4. The van der Waals surface area contributed by atoms with Crippen LogP contribution in [-0.2, 0) is 6.54 Å². The molecule has 1 aromatic carbocycles. The molecule has 116 valence electrons. The lowest BCUT2D eigenvalue weighted by atomic mass is 9.79. The molecular weight excluding hydrogens is 336 g/mol. The monoisotopic (exact) mass is 356 g/mol. The molecule has 2 rings (SSSR count). The highest BCUT2D eigenvalue weighted by Gasteiger charge is 2.31. The number of hydrogen-bond donors (Lipinski definition) is 2. The van der Waals surface area contributed by atoms with Crippen LogP contribution in [-0.4, -0.2) is 22.2 Å². The van der Waals surface area contributed by atoms with Crippen molar-refractivity contribution in [1.82, 2.24) is 5.32 Å². The van der Waals surface area contributed by atoms with Crippen LogP contribution in [0.2, 0.25) is 0 Å². The largest absolute Gasteiger partial charge is 0.389 e. The average Bonchev–Trinajstić information content (AvgIpc) is 2.37. The fourth-order valence-electron chi connectivity index (χ4n) is 3.07. The number of rotatable bonds is 5. The topological polar surface area (TPSA) is 75.4 Å². The predicted octanol–water partition coefficient (Wildman–Crippen LogP) is 3.39. The van der Waals surface area contributed by atoms with Crippen molar-refractivity contribution in [2.24, 2.45) is 5.92 Å². The van der Waals surface area contributed by atoms with Gasteiger partial charge < -0.3 is 10.4 Å². The summed E-state index contributed by atoms with van der Waals surface area (Å²) in [5, 5.41) is 24.6. The standard InChI is InChI=1S/C15H21BrN2O3/c1-11-3-2-4-15(19,8-11)10-17-9-12-5-13(16)7-14(6-12)18(20)21/h5-7,11,17,19H,2-4,8-10H2,1H3. The third-order valence-electron chi connectivity index (χ3n) is 4.00. The van der Waals surface area contributed by atoms with Crippen LogP contribution >= 0.6 is 15.9 Å². The van der Waals surface area contributed by atoms with E-state index in [1.165, 1.54) is 12.5 Å². The first-order chi connectivity index (χ1) is 9.88. The van der Waals surface area contributed by atoms with E-state index in [4.69, 9.17) is 0 Å². The lowest BCUT2D eigenvalue weighted by Gasteiger charge is -2.35. The van der Waals surface area contributed by atoms with E-state index in [0.29, 0.717) is 23.5 Å². The van der Waals surface area contributed by atoms with Gasteiger partial charge >= 0.3 is 0 Å². The third kappa shape index (κ3) is 4.76. The first-order valence-corrected chi connectivity index (χ1v) is 8.04. The van der Waals surface area contributed by atoms with E-state index in [9.17, 15) is 15.2 Å². The normalized spacial score (nSPS) is 25.8. The van der Waals surface area contributed by atoms with Gasteiger partial charge in [0.1, 0.15) is 0 Å². The summed E-state index contributed by atoms with van der Waals surface area (Å²) in [6.07, 6.45) is 3.88. The van der Waals surface area contributed by atoms with Crippen LogP contribution in [0.3, 0.4) is 0 Å². The number of nitro benzene ring substituents is 1. The molecular formula is C15H21BrN2O3. The number of non-ortho nitro benzene ring substituents is 1. The minimum absolute atomic E-state index is 0.0752. The molecule has 0 heterocycles. The van der Waals surface area contributed by atoms with Crippen LogP contribution in [0.15, 0.2) is 22.7 Å². The molecule has 1 aliphatic rings. The van der Waals surface area contributed by atoms with Crippen molar-refractivity contribution in [2.45, 2.75) is 44.8 Å². The van der Waals surface area contributed by atoms with Gasteiger partial charge in [0, 0.05) is 29.7 Å². The third-order valence-corrected chi connectivity index (χ3v) is 4.46. The Hall–Kier alpha value is -0.980. The zero-order chi connectivity index (χ0) is 15.5. The van der Waals surface area contributed by atoms with Crippen LogP contribution in [0.4, 0.5) is 5.69 Å². The molecule has 0 aromatic heterocycles. The lowest BCUT2D eigenvalue weighted by molar-refractivity contribution is -0.385. The smallest absolute Gasteiger partial charge is 0.270 e. The molecule has 1 saturated carbocycles. The molecule has 0 spiro atoms. The quantitative estimate of drug-likeness (QED) is 0.626. The molecule has 2 N–H and O–H groups in total. The summed E-state index contributed by atoms with van der Waals surface area (Å²) in [5.41, 5.74) is 0.269. The molecule has 0 aliphatic heterocycles. The first-order valence-electron chi connectivity index (χ1n) is 7.25. The van der Waals surface area contributed by atoms with Crippen LogP contribution in [0.1, 0.15) is 38.2 Å². The van der Waals surface area contributed by atoms with E-state index in [2.05, 4.69) is 28.2 Å². The molecule has 0 saturated heterocycles. The van der Waals surface area contributed by atoms with Gasteiger partial charge in [-0.05, 0) is 30.4 Å². The number of nitrogens with zero attached hydrogens (tertiary/aromatic N) is 1. The van der Waals surface area contributed by atoms with Gasteiger partial charge in [-0.25, -0.2) is 0 Å². The second-order valence-electron chi connectivity index (χ2n) is 6.10. The fourth-order valence-corrected chi connectivity index (χ4v) is 3.60. The Morgan fingerprint density at radius 2 is 2.29 bits per heavy atom. The van der Waals surface area contributed by atoms with Gasteiger partial charge in [0.15, 0.2) is 0 Å². The maximum absolute atomic E-state index is 10.8. The van der Waals surface area contributed by atoms with E-state index in [1.54, 1.807) is 6.07 Å². The minimum Gasteiger partial charge on any atom is -0.389 e. The minimum atomic E-state index is -0.643. The van der Waals surface area contributed by atoms with E-state index >= 15 is 0 Å². The van der Waals surface area contributed by atoms with Crippen molar-refractivity contribution in [3.8, 4) is 0 Å². The molecule has 2 atom stereocenters. The lowest BCUT2D eigenvalue weighted by Crippen LogP contribution is -2.43. The van der Waals surface area contributed by atoms with Gasteiger partial charge in [-0.1, -0.05) is 35.7 Å². The van der Waals surface area contributed by atoms with Crippen LogP contribution in [0.5, 0.6) is 0 Å².